The van der Waals surface area contributed by atoms with Gasteiger partial charge in [0.15, 0.2) is 0 Å². The molecule has 0 aromatic heterocycles. The van der Waals surface area contributed by atoms with Gasteiger partial charge < -0.3 is 5.73 Å². The van der Waals surface area contributed by atoms with Gasteiger partial charge in [-0.2, -0.15) is 0 Å². The molecule has 0 heterocycles. The quantitative estimate of drug-likeness (QED) is 0.631. The Kier molecular flexibility index (Phi) is 3.59. The average Bonchev–Trinajstić information content (AvgIpc) is 2.09. The van der Waals surface area contributed by atoms with E-state index in [0.29, 0.717) is 5.92 Å². The number of rotatable bonds is 3. The van der Waals surface area contributed by atoms with E-state index in [2.05, 4.69) is 30.5 Å². The van der Waals surface area contributed by atoms with Crippen LogP contribution in [0.1, 0.15) is 12.8 Å². The van der Waals surface area contributed by atoms with Gasteiger partial charge in [0.2, 0.25) is 0 Å². The molecule has 12 heavy (non-hydrogen) atoms. The molecule has 0 fully saturated rings. The lowest BCUT2D eigenvalue weighted by atomic mass is 9.94. The van der Waals surface area contributed by atoms with Crippen molar-refractivity contribution >= 4 is 0 Å². The predicted octanol–water partition coefficient (Wildman–Crippen LogP) is 2.18. The Hall–Kier alpha value is -1.04. The fourth-order valence-electron chi connectivity index (χ4n) is 1.33. The molecule has 1 unspecified atom stereocenters. The second-order valence-electron chi connectivity index (χ2n) is 2.98. The van der Waals surface area contributed by atoms with Gasteiger partial charge in [-0.15, -0.1) is 5.73 Å². The Bertz CT molecular complexity index is 242. The van der Waals surface area contributed by atoms with Gasteiger partial charge in [-0.1, -0.05) is 24.8 Å². The maximum atomic E-state index is 5.47. The van der Waals surface area contributed by atoms with Crippen molar-refractivity contribution in [3.05, 3.63) is 42.2 Å². The van der Waals surface area contributed by atoms with E-state index < -0.39 is 0 Å². The first-order valence-electron chi connectivity index (χ1n) is 4.31. The molecule has 0 bridgehead atoms. The summed E-state index contributed by atoms with van der Waals surface area (Å²) in [6, 6.07) is 0. The molecule has 1 aliphatic carbocycles. The van der Waals surface area contributed by atoms with E-state index in [4.69, 9.17) is 5.73 Å². The Balaban J connectivity index is 2.49. The zero-order chi connectivity index (χ0) is 8.81. The fourth-order valence-corrected chi connectivity index (χ4v) is 1.33. The highest BCUT2D eigenvalue weighted by atomic mass is 14.5. The van der Waals surface area contributed by atoms with Gasteiger partial charge in [0.05, 0.1) is 0 Å². The molecule has 1 rings (SSSR count). The molecule has 0 saturated carbocycles. The van der Waals surface area contributed by atoms with Crippen molar-refractivity contribution in [2.75, 3.05) is 6.54 Å². The Labute approximate surface area is 74.0 Å². The molecule has 64 valence electrons. The maximum absolute atomic E-state index is 5.47. The summed E-state index contributed by atoms with van der Waals surface area (Å²) in [6.45, 7) is 4.31. The first kappa shape index (κ1) is 9.05. The smallest absolute Gasteiger partial charge is 0.00715 e. The largest absolute Gasteiger partial charge is 0.330 e. The lowest BCUT2D eigenvalue weighted by Gasteiger charge is -2.12. The molecule has 1 heteroatoms. The predicted molar refractivity (Wildman–Crippen MR) is 52.7 cm³/mol. The van der Waals surface area contributed by atoms with Gasteiger partial charge in [0.25, 0.3) is 0 Å². The molecule has 0 radical (unpaired) electrons. The Morgan fingerprint density at radius 1 is 1.75 bits per heavy atom. The number of hydrogen-bond donors (Lipinski definition) is 1. The van der Waals surface area contributed by atoms with Crippen LogP contribution in [-0.4, -0.2) is 6.54 Å². The van der Waals surface area contributed by atoms with Crippen LogP contribution >= 0.6 is 0 Å². The highest BCUT2D eigenvalue weighted by molar-refractivity contribution is 5.32. The summed E-state index contributed by atoms with van der Waals surface area (Å²) in [6.07, 6.45) is 10.6. The summed E-state index contributed by atoms with van der Waals surface area (Å²) in [4.78, 5) is 0. The zero-order valence-corrected chi connectivity index (χ0v) is 7.29. The van der Waals surface area contributed by atoms with Crippen molar-refractivity contribution in [1.29, 1.82) is 0 Å². The van der Waals surface area contributed by atoms with Crippen molar-refractivity contribution < 1.29 is 0 Å². The third kappa shape index (κ3) is 2.54. The molecule has 0 saturated heterocycles. The van der Waals surface area contributed by atoms with Crippen LogP contribution in [0.25, 0.3) is 0 Å². The molecule has 0 aromatic carbocycles. The van der Waals surface area contributed by atoms with Gasteiger partial charge in [-0.25, -0.2) is 0 Å². The fraction of sp³-hybridized carbons (Fsp3) is 0.364. The molecule has 0 spiro atoms. The van der Waals surface area contributed by atoms with Crippen molar-refractivity contribution in [3.63, 3.8) is 0 Å². The van der Waals surface area contributed by atoms with Gasteiger partial charge in [-0.3, -0.25) is 0 Å². The van der Waals surface area contributed by atoms with Crippen LogP contribution in [0.2, 0.25) is 0 Å². The van der Waals surface area contributed by atoms with E-state index >= 15 is 0 Å². The van der Waals surface area contributed by atoms with Crippen LogP contribution in [0.5, 0.6) is 0 Å². The van der Waals surface area contributed by atoms with E-state index in [9.17, 15) is 0 Å². The summed E-state index contributed by atoms with van der Waals surface area (Å²) in [5.41, 5.74) is 9.44. The standard InChI is InChI=1S/C11H15N/c1-2-3-10-4-6-11(7-5-10)8-9-12/h3-6,11H,1,7-9,12H2. The highest BCUT2D eigenvalue weighted by Gasteiger charge is 2.05. The molecule has 1 atom stereocenters. The van der Waals surface area contributed by atoms with Crippen molar-refractivity contribution in [1.82, 2.24) is 0 Å². The first-order chi connectivity index (χ1) is 5.86. The molecular formula is C11H15N. The Morgan fingerprint density at radius 2 is 2.58 bits per heavy atom. The zero-order valence-electron chi connectivity index (χ0n) is 7.29. The maximum Gasteiger partial charge on any atom is -0.00715 e. The van der Waals surface area contributed by atoms with Crippen molar-refractivity contribution in [2.45, 2.75) is 12.8 Å². The molecule has 0 amide bonds. The van der Waals surface area contributed by atoms with Crippen molar-refractivity contribution in [3.8, 4) is 0 Å². The van der Waals surface area contributed by atoms with E-state index in [1.807, 2.05) is 6.08 Å². The van der Waals surface area contributed by atoms with Gasteiger partial charge in [0, 0.05) is 0 Å². The summed E-state index contributed by atoms with van der Waals surface area (Å²) in [7, 11) is 0. The molecule has 2 N–H and O–H groups in total. The van der Waals surface area contributed by atoms with Gasteiger partial charge >= 0.3 is 0 Å². The second-order valence-corrected chi connectivity index (χ2v) is 2.98. The monoisotopic (exact) mass is 161 g/mol. The highest BCUT2D eigenvalue weighted by Crippen LogP contribution is 2.18. The van der Waals surface area contributed by atoms with E-state index in [0.717, 1.165) is 19.4 Å². The van der Waals surface area contributed by atoms with Crippen LogP contribution in [0, 0.1) is 5.92 Å². The second kappa shape index (κ2) is 4.76. The summed E-state index contributed by atoms with van der Waals surface area (Å²) in [5, 5.41) is 0. The summed E-state index contributed by atoms with van der Waals surface area (Å²) >= 11 is 0. The van der Waals surface area contributed by atoms with Gasteiger partial charge in [-0.05, 0) is 37.0 Å². The van der Waals surface area contributed by atoms with E-state index in [1.165, 1.54) is 5.57 Å². The van der Waals surface area contributed by atoms with Crippen LogP contribution < -0.4 is 5.73 Å². The number of hydrogen-bond acceptors (Lipinski definition) is 1. The van der Waals surface area contributed by atoms with Crippen LogP contribution in [0.3, 0.4) is 0 Å². The minimum Gasteiger partial charge on any atom is -0.330 e. The van der Waals surface area contributed by atoms with Crippen LogP contribution in [-0.2, 0) is 0 Å². The minimum absolute atomic E-state index is 0.636. The molecule has 0 aliphatic heterocycles. The van der Waals surface area contributed by atoms with Gasteiger partial charge in [0.1, 0.15) is 0 Å². The number of nitrogens with two attached hydrogens (primary N) is 1. The number of allylic oxidation sites excluding steroid dienone is 5. The molecule has 0 aromatic rings. The van der Waals surface area contributed by atoms with Crippen LogP contribution in [0.15, 0.2) is 42.2 Å². The average molecular weight is 161 g/mol. The van der Waals surface area contributed by atoms with Crippen LogP contribution in [0.4, 0.5) is 0 Å². The lowest BCUT2D eigenvalue weighted by Crippen LogP contribution is -2.07. The third-order valence-corrected chi connectivity index (χ3v) is 2.02. The lowest BCUT2D eigenvalue weighted by molar-refractivity contribution is 0.602. The normalized spacial score (nSPS) is 21.4. The molecule has 1 nitrogen and oxygen atoms in total. The minimum atomic E-state index is 0.636. The van der Waals surface area contributed by atoms with Crippen molar-refractivity contribution in [2.24, 2.45) is 11.7 Å². The summed E-state index contributed by atoms with van der Waals surface area (Å²) < 4.78 is 0. The first-order valence-corrected chi connectivity index (χ1v) is 4.31. The SMILES string of the molecule is C=C=CC1=CCC(CCN)C=C1. The Morgan fingerprint density at radius 3 is 3.08 bits per heavy atom. The van der Waals surface area contributed by atoms with E-state index in [1.54, 1.807) is 0 Å². The molecular weight excluding hydrogens is 146 g/mol. The molecule has 1 aliphatic rings. The topological polar surface area (TPSA) is 26.0 Å². The third-order valence-electron chi connectivity index (χ3n) is 2.02. The summed E-state index contributed by atoms with van der Waals surface area (Å²) in [5.74, 6) is 0.636. The van der Waals surface area contributed by atoms with E-state index in [-0.39, 0.29) is 0 Å².